The van der Waals surface area contributed by atoms with Crippen molar-refractivity contribution >= 4 is 16.7 Å². The van der Waals surface area contributed by atoms with Crippen molar-refractivity contribution < 1.29 is 14.3 Å². The highest BCUT2D eigenvalue weighted by molar-refractivity contribution is 5.84. The van der Waals surface area contributed by atoms with E-state index < -0.39 is 0 Å². The molecule has 25 heavy (non-hydrogen) atoms. The molecule has 0 aliphatic rings. The summed E-state index contributed by atoms with van der Waals surface area (Å²) in [4.78, 5) is 12.0. The molecule has 0 spiro atoms. The quantitative estimate of drug-likeness (QED) is 0.611. The molecule has 3 nitrogen and oxygen atoms in total. The fourth-order valence-corrected chi connectivity index (χ4v) is 2.80. The first-order chi connectivity index (χ1) is 12.2. The molecule has 3 aromatic rings. The number of hydrogen-bond donors (Lipinski definition) is 0. The topological polar surface area (TPSA) is 35.5 Å². The number of esters is 1. The minimum atomic E-state index is -0.191. The first kappa shape index (κ1) is 17.0. The number of fused-ring (bicyclic) bond motifs is 1. The molecule has 0 N–H and O–H groups in total. The van der Waals surface area contributed by atoms with Crippen molar-refractivity contribution in [3.05, 3.63) is 77.9 Å². The number of ether oxygens (including phenoxy) is 2. The first-order valence-corrected chi connectivity index (χ1v) is 8.43. The molecule has 0 heterocycles. The van der Waals surface area contributed by atoms with Gasteiger partial charge in [0.15, 0.2) is 0 Å². The van der Waals surface area contributed by atoms with Crippen molar-refractivity contribution in [3.63, 3.8) is 0 Å². The van der Waals surface area contributed by atoms with E-state index in [1.165, 1.54) is 0 Å². The zero-order valence-electron chi connectivity index (χ0n) is 14.6. The van der Waals surface area contributed by atoms with E-state index in [-0.39, 0.29) is 11.9 Å². The first-order valence-electron chi connectivity index (χ1n) is 8.43. The van der Waals surface area contributed by atoms with Crippen molar-refractivity contribution in [1.82, 2.24) is 0 Å². The second kappa shape index (κ2) is 7.84. The van der Waals surface area contributed by atoms with E-state index in [1.54, 1.807) is 7.11 Å². The van der Waals surface area contributed by atoms with E-state index in [0.29, 0.717) is 13.0 Å². The Kier molecular flexibility index (Phi) is 5.34. The largest absolute Gasteiger partial charge is 0.497 e. The molecule has 0 aliphatic heterocycles. The van der Waals surface area contributed by atoms with Crippen LogP contribution in [0.4, 0.5) is 0 Å². The zero-order chi connectivity index (χ0) is 17.6. The van der Waals surface area contributed by atoms with Gasteiger partial charge in [0.2, 0.25) is 0 Å². The van der Waals surface area contributed by atoms with Crippen LogP contribution >= 0.6 is 0 Å². The SMILES string of the molecule is COc1ccc2cc([C@H](C)COC(=O)Cc3ccccc3)ccc2c1. The van der Waals surface area contributed by atoms with E-state index in [0.717, 1.165) is 27.6 Å². The van der Waals surface area contributed by atoms with Crippen LogP contribution in [-0.2, 0) is 16.0 Å². The second-order valence-electron chi connectivity index (χ2n) is 6.22. The van der Waals surface area contributed by atoms with Gasteiger partial charge in [0.05, 0.1) is 20.1 Å². The maximum absolute atomic E-state index is 12.0. The number of carbonyl (C=O) groups is 1. The predicted octanol–water partition coefficient (Wildman–Crippen LogP) is 4.74. The molecule has 0 amide bonds. The van der Waals surface area contributed by atoms with Gasteiger partial charge in [0.1, 0.15) is 5.75 Å². The molecule has 128 valence electrons. The van der Waals surface area contributed by atoms with Gasteiger partial charge in [0, 0.05) is 5.92 Å². The maximum atomic E-state index is 12.0. The van der Waals surface area contributed by atoms with Crippen LogP contribution in [0.5, 0.6) is 5.75 Å². The minimum absolute atomic E-state index is 0.145. The Morgan fingerprint density at radius 1 is 0.960 bits per heavy atom. The highest BCUT2D eigenvalue weighted by Gasteiger charge is 2.11. The Balaban J connectivity index is 1.61. The standard InChI is InChI=1S/C22H22O3/c1-16(15-25-22(23)12-17-6-4-3-5-7-17)18-8-9-20-14-21(24-2)11-10-19(20)13-18/h3-11,13-14,16H,12,15H2,1-2H3/t16-/m1/s1. The van der Waals surface area contributed by atoms with Crippen LogP contribution in [0.2, 0.25) is 0 Å². The molecular weight excluding hydrogens is 312 g/mol. The lowest BCUT2D eigenvalue weighted by molar-refractivity contribution is -0.143. The summed E-state index contributed by atoms with van der Waals surface area (Å²) in [5.41, 5.74) is 2.13. The Labute approximate surface area is 148 Å². The molecule has 3 aromatic carbocycles. The van der Waals surface area contributed by atoms with E-state index in [4.69, 9.17) is 9.47 Å². The Hall–Kier alpha value is -2.81. The summed E-state index contributed by atoms with van der Waals surface area (Å²) in [6.07, 6.45) is 0.311. The normalized spacial score (nSPS) is 11.9. The third-order valence-electron chi connectivity index (χ3n) is 4.33. The molecule has 0 saturated carbocycles. The van der Waals surface area contributed by atoms with Gasteiger partial charge in [-0.3, -0.25) is 4.79 Å². The van der Waals surface area contributed by atoms with E-state index in [9.17, 15) is 4.79 Å². The molecule has 0 aromatic heterocycles. The predicted molar refractivity (Wildman–Crippen MR) is 100 cm³/mol. The fraction of sp³-hybridized carbons (Fsp3) is 0.227. The summed E-state index contributed by atoms with van der Waals surface area (Å²) in [6, 6.07) is 22.0. The smallest absolute Gasteiger partial charge is 0.310 e. The lowest BCUT2D eigenvalue weighted by Gasteiger charge is -2.14. The van der Waals surface area contributed by atoms with E-state index in [1.807, 2.05) is 48.5 Å². The third kappa shape index (κ3) is 4.38. The highest BCUT2D eigenvalue weighted by Crippen LogP contribution is 2.25. The Morgan fingerprint density at radius 3 is 2.44 bits per heavy atom. The molecule has 0 saturated heterocycles. The number of rotatable bonds is 6. The van der Waals surface area contributed by atoms with Crippen LogP contribution in [0.3, 0.4) is 0 Å². The minimum Gasteiger partial charge on any atom is -0.497 e. The third-order valence-corrected chi connectivity index (χ3v) is 4.33. The Morgan fingerprint density at radius 2 is 1.68 bits per heavy atom. The molecule has 3 heteroatoms. The van der Waals surface area contributed by atoms with E-state index in [2.05, 4.69) is 25.1 Å². The zero-order valence-corrected chi connectivity index (χ0v) is 14.6. The molecule has 0 fully saturated rings. The van der Waals surface area contributed by atoms with Crippen molar-refractivity contribution in [3.8, 4) is 5.75 Å². The molecule has 0 radical (unpaired) electrons. The van der Waals surface area contributed by atoms with Crippen LogP contribution in [0.25, 0.3) is 10.8 Å². The number of methoxy groups -OCH3 is 1. The average molecular weight is 334 g/mol. The Bertz CT molecular complexity index is 856. The van der Waals surface area contributed by atoms with Crippen molar-refractivity contribution in [2.45, 2.75) is 19.3 Å². The van der Waals surface area contributed by atoms with Gasteiger partial charge in [0.25, 0.3) is 0 Å². The number of benzene rings is 3. The summed E-state index contributed by atoms with van der Waals surface area (Å²) in [5.74, 6) is 0.804. The van der Waals surface area contributed by atoms with Crippen molar-refractivity contribution in [2.24, 2.45) is 0 Å². The monoisotopic (exact) mass is 334 g/mol. The van der Waals surface area contributed by atoms with Crippen LogP contribution in [0.1, 0.15) is 24.0 Å². The summed E-state index contributed by atoms with van der Waals surface area (Å²) in [7, 11) is 1.67. The summed E-state index contributed by atoms with van der Waals surface area (Å²) in [5, 5.41) is 2.29. The molecule has 0 unspecified atom stereocenters. The van der Waals surface area contributed by atoms with Crippen LogP contribution in [0, 0.1) is 0 Å². The van der Waals surface area contributed by atoms with Crippen LogP contribution < -0.4 is 4.74 Å². The summed E-state index contributed by atoms with van der Waals surface area (Å²) in [6.45, 7) is 2.45. The van der Waals surface area contributed by atoms with Crippen LogP contribution in [-0.4, -0.2) is 19.7 Å². The van der Waals surface area contributed by atoms with Crippen molar-refractivity contribution in [1.29, 1.82) is 0 Å². The molecule has 0 bridgehead atoms. The van der Waals surface area contributed by atoms with E-state index >= 15 is 0 Å². The number of hydrogen-bond acceptors (Lipinski definition) is 3. The van der Waals surface area contributed by atoms with Gasteiger partial charge in [-0.25, -0.2) is 0 Å². The van der Waals surface area contributed by atoms with Gasteiger partial charge < -0.3 is 9.47 Å². The van der Waals surface area contributed by atoms with Gasteiger partial charge >= 0.3 is 5.97 Å². The number of carbonyl (C=O) groups excluding carboxylic acids is 1. The molecule has 1 atom stereocenters. The van der Waals surface area contributed by atoms with Gasteiger partial charge in [-0.2, -0.15) is 0 Å². The summed E-state index contributed by atoms with van der Waals surface area (Å²) < 4.78 is 10.7. The lowest BCUT2D eigenvalue weighted by Crippen LogP contribution is -2.13. The van der Waals surface area contributed by atoms with Crippen molar-refractivity contribution in [2.75, 3.05) is 13.7 Å². The van der Waals surface area contributed by atoms with Gasteiger partial charge in [-0.15, -0.1) is 0 Å². The fourth-order valence-electron chi connectivity index (χ4n) is 2.80. The molecule has 3 rings (SSSR count). The van der Waals surface area contributed by atoms with Crippen LogP contribution in [0.15, 0.2) is 66.7 Å². The van der Waals surface area contributed by atoms with Gasteiger partial charge in [-0.1, -0.05) is 61.5 Å². The second-order valence-corrected chi connectivity index (χ2v) is 6.22. The molecule has 0 aliphatic carbocycles. The van der Waals surface area contributed by atoms with Gasteiger partial charge in [-0.05, 0) is 34.0 Å². The molecular formula is C22H22O3. The lowest BCUT2D eigenvalue weighted by atomic mass is 9.98. The summed E-state index contributed by atoms with van der Waals surface area (Å²) >= 11 is 0. The average Bonchev–Trinajstić information content (AvgIpc) is 2.66. The maximum Gasteiger partial charge on any atom is 0.310 e. The highest BCUT2D eigenvalue weighted by atomic mass is 16.5.